The highest BCUT2D eigenvalue weighted by Crippen LogP contribution is 2.43. The van der Waals surface area contributed by atoms with Crippen LogP contribution in [0, 0.1) is 5.82 Å². The van der Waals surface area contributed by atoms with Gasteiger partial charge in [-0.25, -0.2) is 4.39 Å². The molecule has 0 aromatic heterocycles. The van der Waals surface area contributed by atoms with Crippen molar-refractivity contribution in [1.29, 1.82) is 0 Å². The maximum Gasteiger partial charge on any atom is 0.123 e. The smallest absolute Gasteiger partial charge is 0.123 e. The highest BCUT2D eigenvalue weighted by Gasteiger charge is 2.38. The van der Waals surface area contributed by atoms with E-state index < -0.39 is 0 Å². The molecule has 1 saturated carbocycles. The van der Waals surface area contributed by atoms with Gasteiger partial charge in [-0.2, -0.15) is 11.8 Å². The summed E-state index contributed by atoms with van der Waals surface area (Å²) in [6, 6.07) is 6.82. The van der Waals surface area contributed by atoms with Crippen LogP contribution in [0.15, 0.2) is 24.3 Å². The lowest BCUT2D eigenvalue weighted by atomic mass is 9.83. The monoisotopic (exact) mass is 295 g/mol. The predicted octanol–water partition coefficient (Wildman–Crippen LogP) is 3.48. The van der Waals surface area contributed by atoms with Gasteiger partial charge in [-0.3, -0.25) is 4.90 Å². The second kappa shape index (κ2) is 6.04. The summed E-state index contributed by atoms with van der Waals surface area (Å²) < 4.78 is 19.6. The molecule has 1 aliphatic heterocycles. The number of thioether (sulfide) groups is 1. The molecule has 1 aliphatic carbocycles. The quantitative estimate of drug-likeness (QED) is 0.844. The van der Waals surface area contributed by atoms with Gasteiger partial charge in [0.05, 0.1) is 12.7 Å². The third kappa shape index (κ3) is 3.02. The van der Waals surface area contributed by atoms with Crippen LogP contribution >= 0.6 is 11.8 Å². The van der Waals surface area contributed by atoms with E-state index >= 15 is 0 Å². The average molecular weight is 295 g/mol. The number of hydrogen-bond acceptors (Lipinski definition) is 3. The van der Waals surface area contributed by atoms with E-state index in [0.29, 0.717) is 4.75 Å². The molecular formula is C16H22FNOS. The molecule has 1 atom stereocenters. The second-order valence-electron chi connectivity index (χ2n) is 5.89. The maximum absolute atomic E-state index is 13.3. The summed E-state index contributed by atoms with van der Waals surface area (Å²) in [6.07, 6.45) is 6.26. The first kappa shape index (κ1) is 14.4. The molecule has 0 spiro atoms. The lowest BCUT2D eigenvalue weighted by Crippen LogP contribution is -2.49. The number of rotatable bonds is 4. The molecule has 0 bridgehead atoms. The van der Waals surface area contributed by atoms with Gasteiger partial charge in [-0.1, -0.05) is 18.6 Å². The molecule has 1 heterocycles. The van der Waals surface area contributed by atoms with Gasteiger partial charge in [0.15, 0.2) is 0 Å². The van der Waals surface area contributed by atoms with Crippen LogP contribution < -0.4 is 0 Å². The fraction of sp³-hybridized carbons (Fsp3) is 0.625. The van der Waals surface area contributed by atoms with Crippen molar-refractivity contribution in [2.24, 2.45) is 0 Å². The molecule has 2 fully saturated rings. The molecule has 1 aromatic rings. The SMILES string of the molecule is CSC1(CN2CCO[C@H](c3cccc(F)c3)C2)CCC1. The molecule has 0 N–H and O–H groups in total. The van der Waals surface area contributed by atoms with Crippen molar-refractivity contribution in [1.82, 2.24) is 4.90 Å². The van der Waals surface area contributed by atoms with Crippen molar-refractivity contribution in [2.45, 2.75) is 30.1 Å². The van der Waals surface area contributed by atoms with E-state index in [-0.39, 0.29) is 11.9 Å². The van der Waals surface area contributed by atoms with Crippen molar-refractivity contribution < 1.29 is 9.13 Å². The molecule has 4 heteroatoms. The van der Waals surface area contributed by atoms with Crippen LogP contribution in [0.5, 0.6) is 0 Å². The fourth-order valence-corrected chi connectivity index (χ4v) is 4.17. The molecule has 110 valence electrons. The van der Waals surface area contributed by atoms with E-state index in [9.17, 15) is 4.39 Å². The van der Waals surface area contributed by atoms with Gasteiger partial charge in [0, 0.05) is 24.4 Å². The average Bonchev–Trinajstić information content (AvgIpc) is 2.43. The van der Waals surface area contributed by atoms with E-state index in [4.69, 9.17) is 4.74 Å². The molecular weight excluding hydrogens is 273 g/mol. The molecule has 1 aromatic carbocycles. The number of nitrogens with zero attached hydrogens (tertiary/aromatic N) is 1. The molecule has 2 aliphatic rings. The van der Waals surface area contributed by atoms with Gasteiger partial charge < -0.3 is 4.74 Å². The number of morpholine rings is 1. The third-order valence-electron chi connectivity index (χ3n) is 4.58. The lowest BCUT2D eigenvalue weighted by molar-refractivity contribution is -0.0355. The van der Waals surface area contributed by atoms with E-state index in [2.05, 4.69) is 11.2 Å². The number of halogens is 1. The summed E-state index contributed by atoms with van der Waals surface area (Å²) in [5, 5.41) is 0. The standard InChI is InChI=1S/C16H22FNOS/c1-20-16(6-3-7-16)12-18-8-9-19-15(11-18)13-4-2-5-14(17)10-13/h2,4-5,10,15H,3,6-9,11-12H2,1H3/t15-/m0/s1. The Balaban J connectivity index is 1.64. The van der Waals surface area contributed by atoms with Crippen molar-refractivity contribution in [3.8, 4) is 0 Å². The Morgan fingerprint density at radius 1 is 1.45 bits per heavy atom. The zero-order chi connectivity index (χ0) is 14.0. The fourth-order valence-electron chi connectivity index (χ4n) is 3.16. The Labute approximate surface area is 124 Å². The summed E-state index contributed by atoms with van der Waals surface area (Å²) in [5.41, 5.74) is 0.960. The van der Waals surface area contributed by atoms with Crippen LogP contribution in [0.25, 0.3) is 0 Å². The minimum atomic E-state index is -0.178. The Hall–Kier alpha value is -0.580. The second-order valence-corrected chi connectivity index (χ2v) is 7.16. The highest BCUT2D eigenvalue weighted by atomic mass is 32.2. The first-order valence-electron chi connectivity index (χ1n) is 7.35. The molecule has 0 radical (unpaired) electrons. The lowest BCUT2D eigenvalue weighted by Gasteiger charge is -2.45. The third-order valence-corrected chi connectivity index (χ3v) is 5.98. The Bertz CT molecular complexity index is 458. The number of hydrogen-bond donors (Lipinski definition) is 0. The highest BCUT2D eigenvalue weighted by molar-refractivity contribution is 8.00. The summed E-state index contributed by atoms with van der Waals surface area (Å²) in [6.45, 7) is 3.76. The van der Waals surface area contributed by atoms with Crippen LogP contribution in [0.2, 0.25) is 0 Å². The zero-order valence-corrected chi connectivity index (χ0v) is 12.8. The predicted molar refractivity (Wildman–Crippen MR) is 81.6 cm³/mol. The minimum Gasteiger partial charge on any atom is -0.371 e. The Morgan fingerprint density at radius 3 is 2.95 bits per heavy atom. The van der Waals surface area contributed by atoms with E-state index in [1.54, 1.807) is 12.1 Å². The van der Waals surface area contributed by atoms with Gasteiger partial charge in [0.1, 0.15) is 5.82 Å². The van der Waals surface area contributed by atoms with Crippen LogP contribution in [0.1, 0.15) is 30.9 Å². The molecule has 1 saturated heterocycles. The minimum absolute atomic E-state index is 0.0124. The first-order chi connectivity index (χ1) is 9.71. The van der Waals surface area contributed by atoms with Gasteiger partial charge in [0.2, 0.25) is 0 Å². The normalized spacial score (nSPS) is 26.2. The molecule has 0 amide bonds. The van der Waals surface area contributed by atoms with Crippen LogP contribution in [-0.2, 0) is 4.74 Å². The van der Waals surface area contributed by atoms with E-state index in [1.807, 2.05) is 17.8 Å². The van der Waals surface area contributed by atoms with E-state index in [1.165, 1.54) is 25.3 Å². The summed E-state index contributed by atoms with van der Waals surface area (Å²) in [4.78, 5) is 2.49. The van der Waals surface area contributed by atoms with Crippen LogP contribution in [0.3, 0.4) is 0 Å². The molecule has 2 nitrogen and oxygen atoms in total. The first-order valence-corrected chi connectivity index (χ1v) is 8.58. The van der Waals surface area contributed by atoms with Crippen molar-refractivity contribution in [3.63, 3.8) is 0 Å². The Kier molecular flexibility index (Phi) is 4.34. The Morgan fingerprint density at radius 2 is 2.30 bits per heavy atom. The molecule has 0 unspecified atom stereocenters. The van der Waals surface area contributed by atoms with Crippen molar-refractivity contribution in [3.05, 3.63) is 35.6 Å². The van der Waals surface area contributed by atoms with Gasteiger partial charge >= 0.3 is 0 Å². The van der Waals surface area contributed by atoms with Crippen molar-refractivity contribution >= 4 is 11.8 Å². The van der Waals surface area contributed by atoms with Gasteiger partial charge in [-0.05, 0) is 36.8 Å². The molecule has 20 heavy (non-hydrogen) atoms. The molecule has 3 rings (SSSR count). The summed E-state index contributed by atoms with van der Waals surface area (Å²) in [5.74, 6) is -0.178. The number of benzene rings is 1. The van der Waals surface area contributed by atoms with Gasteiger partial charge in [0.25, 0.3) is 0 Å². The summed E-state index contributed by atoms with van der Waals surface area (Å²) >= 11 is 2.01. The number of ether oxygens (including phenoxy) is 1. The van der Waals surface area contributed by atoms with Crippen LogP contribution in [-0.4, -0.2) is 42.1 Å². The summed E-state index contributed by atoms with van der Waals surface area (Å²) in [7, 11) is 0. The van der Waals surface area contributed by atoms with Gasteiger partial charge in [-0.15, -0.1) is 0 Å². The maximum atomic E-state index is 13.3. The largest absolute Gasteiger partial charge is 0.371 e. The zero-order valence-electron chi connectivity index (χ0n) is 12.0. The van der Waals surface area contributed by atoms with E-state index in [0.717, 1.165) is 31.8 Å². The van der Waals surface area contributed by atoms with Crippen LogP contribution in [0.4, 0.5) is 4.39 Å². The topological polar surface area (TPSA) is 12.5 Å². The van der Waals surface area contributed by atoms with Crippen molar-refractivity contribution in [2.75, 3.05) is 32.5 Å².